The highest BCUT2D eigenvalue weighted by atomic mass is 15.1. The largest absolute Gasteiger partial charge is 0.383 e. The molecule has 7 aromatic carbocycles. The van der Waals surface area contributed by atoms with Gasteiger partial charge in [0.25, 0.3) is 0 Å². The minimum atomic E-state index is 0.478. The van der Waals surface area contributed by atoms with E-state index in [9.17, 15) is 0 Å². The molecule has 0 amide bonds. The van der Waals surface area contributed by atoms with Gasteiger partial charge in [0.1, 0.15) is 5.84 Å². The zero-order chi connectivity index (χ0) is 37.3. The van der Waals surface area contributed by atoms with Crippen LogP contribution in [0.5, 0.6) is 0 Å². The number of hydrogen-bond donors (Lipinski definition) is 2. The van der Waals surface area contributed by atoms with Gasteiger partial charge in [0.05, 0.1) is 16.6 Å². The number of benzene rings is 7. The van der Waals surface area contributed by atoms with Gasteiger partial charge in [0.2, 0.25) is 0 Å². The standard InChI is InChI=1S/C49H40N6/c1-2-30-52-49(51)36-17-24-42(25-18-36)54(40-20-13-34(33-50)14-21-40)41-22-15-35(16-23-41)37-19-26-46-44(32-37)48-43-29-31-53(38-9-5-3-6-10-38)45(43)27-28-47(48)55(46)39-11-7-4-8-12-39/h2-32H,33,50H2,1H3,(H2,51,52)/b30-2-. The Bertz CT molecular complexity index is 2830. The number of anilines is 3. The number of allylic oxidation sites excluding steroid dienone is 1. The zero-order valence-corrected chi connectivity index (χ0v) is 30.5. The Labute approximate surface area is 320 Å². The third-order valence-corrected chi connectivity index (χ3v) is 10.3. The Morgan fingerprint density at radius 1 is 0.600 bits per heavy atom. The lowest BCUT2D eigenvalue weighted by molar-refractivity contribution is 1.07. The van der Waals surface area contributed by atoms with Crippen molar-refractivity contribution in [2.45, 2.75) is 13.5 Å². The van der Waals surface area contributed by atoms with Crippen molar-refractivity contribution < 1.29 is 0 Å². The third-order valence-electron chi connectivity index (χ3n) is 10.3. The predicted molar refractivity (Wildman–Crippen MR) is 231 cm³/mol. The van der Waals surface area contributed by atoms with Crippen LogP contribution in [0.2, 0.25) is 0 Å². The van der Waals surface area contributed by atoms with Crippen LogP contribution in [0.25, 0.3) is 55.2 Å². The van der Waals surface area contributed by atoms with Crippen LogP contribution in [-0.4, -0.2) is 15.0 Å². The number of amidine groups is 1. The molecule has 0 saturated carbocycles. The van der Waals surface area contributed by atoms with E-state index >= 15 is 0 Å². The summed E-state index contributed by atoms with van der Waals surface area (Å²) in [5, 5.41) is 3.69. The summed E-state index contributed by atoms with van der Waals surface area (Å²) in [7, 11) is 0. The van der Waals surface area contributed by atoms with Crippen molar-refractivity contribution in [1.29, 1.82) is 0 Å². The normalized spacial score (nSPS) is 12.0. The van der Waals surface area contributed by atoms with E-state index in [1.807, 2.05) is 25.1 Å². The molecule has 0 unspecified atom stereocenters. The summed E-state index contributed by atoms with van der Waals surface area (Å²) in [6.45, 7) is 2.41. The summed E-state index contributed by atoms with van der Waals surface area (Å²) >= 11 is 0. The SMILES string of the molecule is C/C=C\N=C(N)c1ccc(N(c2ccc(CN)cc2)c2ccc(-c3ccc4c(c3)c3c5ccn(-c6ccccc6)c5ccc3n4-c3ccccc3)cc2)cc1. The van der Waals surface area contributed by atoms with E-state index in [-0.39, 0.29) is 0 Å². The van der Waals surface area contributed by atoms with E-state index in [0.717, 1.165) is 50.7 Å². The lowest BCUT2D eigenvalue weighted by Crippen LogP contribution is -2.14. The number of aromatic nitrogens is 2. The number of hydrogen-bond acceptors (Lipinski definition) is 3. The Morgan fingerprint density at radius 3 is 1.84 bits per heavy atom. The minimum Gasteiger partial charge on any atom is -0.383 e. The average molecular weight is 713 g/mol. The van der Waals surface area contributed by atoms with Gasteiger partial charge in [-0.05, 0) is 127 Å². The first-order valence-corrected chi connectivity index (χ1v) is 18.5. The van der Waals surface area contributed by atoms with Crippen LogP contribution in [0.1, 0.15) is 18.1 Å². The molecule has 55 heavy (non-hydrogen) atoms. The second-order valence-corrected chi connectivity index (χ2v) is 13.6. The number of aliphatic imine (C=N–C) groups is 1. The van der Waals surface area contributed by atoms with E-state index in [1.165, 1.54) is 32.7 Å². The van der Waals surface area contributed by atoms with Crippen molar-refractivity contribution in [3.05, 3.63) is 199 Å². The highest BCUT2D eigenvalue weighted by Gasteiger charge is 2.18. The van der Waals surface area contributed by atoms with Crippen LogP contribution in [-0.2, 0) is 6.54 Å². The second-order valence-electron chi connectivity index (χ2n) is 13.6. The molecule has 0 aliphatic heterocycles. The van der Waals surface area contributed by atoms with Crippen LogP contribution in [0, 0.1) is 0 Å². The quantitative estimate of drug-likeness (QED) is 0.116. The lowest BCUT2D eigenvalue weighted by atomic mass is 10.0. The van der Waals surface area contributed by atoms with Gasteiger partial charge in [-0.25, -0.2) is 4.99 Å². The third kappa shape index (κ3) is 6.14. The molecule has 2 heterocycles. The Balaban J connectivity index is 1.15. The van der Waals surface area contributed by atoms with Crippen molar-refractivity contribution in [2.75, 3.05) is 4.90 Å². The maximum atomic E-state index is 6.25. The van der Waals surface area contributed by atoms with Crippen LogP contribution in [0.15, 0.2) is 193 Å². The summed E-state index contributed by atoms with van der Waals surface area (Å²) in [6, 6.07) is 60.2. The number of para-hydroxylation sites is 2. The summed E-state index contributed by atoms with van der Waals surface area (Å²) in [5.41, 5.74) is 25.4. The van der Waals surface area contributed by atoms with Gasteiger partial charge in [-0.3, -0.25) is 0 Å². The fourth-order valence-corrected chi connectivity index (χ4v) is 7.63. The molecule has 0 saturated heterocycles. The van der Waals surface area contributed by atoms with Gasteiger partial charge >= 0.3 is 0 Å². The van der Waals surface area contributed by atoms with Crippen molar-refractivity contribution in [1.82, 2.24) is 9.13 Å². The Hall–Kier alpha value is -7.15. The minimum absolute atomic E-state index is 0.478. The molecule has 0 aliphatic rings. The maximum absolute atomic E-state index is 6.25. The highest BCUT2D eigenvalue weighted by molar-refractivity contribution is 6.21. The average Bonchev–Trinajstić information content (AvgIpc) is 3.83. The van der Waals surface area contributed by atoms with Crippen molar-refractivity contribution in [3.8, 4) is 22.5 Å². The van der Waals surface area contributed by atoms with Crippen LogP contribution < -0.4 is 16.4 Å². The van der Waals surface area contributed by atoms with Crippen LogP contribution >= 0.6 is 0 Å². The first-order valence-electron chi connectivity index (χ1n) is 18.5. The maximum Gasteiger partial charge on any atom is 0.130 e. The molecule has 0 fully saturated rings. The molecule has 0 atom stereocenters. The van der Waals surface area contributed by atoms with E-state index in [0.29, 0.717) is 12.4 Å². The molecular weight excluding hydrogens is 673 g/mol. The molecule has 0 bridgehead atoms. The topological polar surface area (TPSA) is 77.5 Å². The lowest BCUT2D eigenvalue weighted by Gasteiger charge is -2.26. The monoisotopic (exact) mass is 712 g/mol. The van der Waals surface area contributed by atoms with Crippen LogP contribution in [0.4, 0.5) is 17.1 Å². The van der Waals surface area contributed by atoms with Crippen LogP contribution in [0.3, 0.4) is 0 Å². The molecule has 4 N–H and O–H groups in total. The number of rotatable bonds is 9. The van der Waals surface area contributed by atoms with E-state index < -0.39 is 0 Å². The van der Waals surface area contributed by atoms with E-state index in [1.54, 1.807) is 6.20 Å². The Morgan fingerprint density at radius 2 is 1.18 bits per heavy atom. The molecule has 0 spiro atoms. The molecule has 0 aliphatic carbocycles. The number of nitrogens with two attached hydrogens (primary N) is 2. The van der Waals surface area contributed by atoms with E-state index in [4.69, 9.17) is 11.5 Å². The number of nitrogens with zero attached hydrogens (tertiary/aromatic N) is 4. The first kappa shape index (κ1) is 33.7. The van der Waals surface area contributed by atoms with Gasteiger partial charge in [0.15, 0.2) is 0 Å². The molecule has 6 nitrogen and oxygen atoms in total. The molecule has 2 aromatic heterocycles. The molecular formula is C49H40N6. The van der Waals surface area contributed by atoms with Gasteiger partial charge in [0, 0.05) is 69.1 Å². The molecule has 9 aromatic rings. The molecule has 6 heteroatoms. The predicted octanol–water partition coefficient (Wildman–Crippen LogP) is 11.6. The van der Waals surface area contributed by atoms with Gasteiger partial charge in [-0.1, -0.05) is 72.8 Å². The van der Waals surface area contributed by atoms with Crippen molar-refractivity contribution >= 4 is 55.6 Å². The smallest absolute Gasteiger partial charge is 0.130 e. The summed E-state index contributed by atoms with van der Waals surface area (Å²) < 4.78 is 4.66. The van der Waals surface area contributed by atoms with E-state index in [2.05, 4.69) is 183 Å². The molecule has 9 rings (SSSR count). The fraction of sp³-hybridized carbons (Fsp3) is 0.0408. The van der Waals surface area contributed by atoms with Gasteiger partial charge in [-0.2, -0.15) is 0 Å². The van der Waals surface area contributed by atoms with Gasteiger partial charge < -0.3 is 25.5 Å². The summed E-state index contributed by atoms with van der Waals surface area (Å²) in [6.07, 6.45) is 5.75. The zero-order valence-electron chi connectivity index (χ0n) is 30.5. The first-order chi connectivity index (χ1) is 27.1. The Kier molecular flexibility index (Phi) is 8.78. The van der Waals surface area contributed by atoms with Crippen molar-refractivity contribution in [2.24, 2.45) is 16.5 Å². The van der Waals surface area contributed by atoms with Crippen molar-refractivity contribution in [3.63, 3.8) is 0 Å². The molecule has 266 valence electrons. The number of fused-ring (bicyclic) bond motifs is 5. The second kappa shape index (κ2) is 14.3. The summed E-state index contributed by atoms with van der Waals surface area (Å²) in [4.78, 5) is 6.58. The van der Waals surface area contributed by atoms with Gasteiger partial charge in [-0.15, -0.1) is 0 Å². The molecule has 0 radical (unpaired) electrons. The highest BCUT2D eigenvalue weighted by Crippen LogP contribution is 2.41. The fourth-order valence-electron chi connectivity index (χ4n) is 7.63. The summed E-state index contributed by atoms with van der Waals surface area (Å²) in [5.74, 6) is 0.478.